The Hall–Kier alpha value is -2.24. The molecule has 8 nitrogen and oxygen atoms in total. The highest BCUT2D eigenvalue weighted by molar-refractivity contribution is 7.85. The molecule has 2 rings (SSSR count). The van der Waals surface area contributed by atoms with Crippen LogP contribution < -0.4 is 0 Å². The predicted molar refractivity (Wildman–Crippen MR) is 113 cm³/mol. The Morgan fingerprint density at radius 1 is 1.13 bits per heavy atom. The van der Waals surface area contributed by atoms with Crippen LogP contribution in [0.3, 0.4) is 0 Å². The van der Waals surface area contributed by atoms with Gasteiger partial charge in [0.2, 0.25) is 11.6 Å². The van der Waals surface area contributed by atoms with Crippen molar-refractivity contribution in [2.24, 2.45) is 0 Å². The Balaban J connectivity index is 0. The lowest BCUT2D eigenvalue weighted by atomic mass is 10.2. The summed E-state index contributed by atoms with van der Waals surface area (Å²) >= 11 is 0. The first-order valence-corrected chi connectivity index (χ1v) is 10.4. The summed E-state index contributed by atoms with van der Waals surface area (Å²) in [4.78, 5) is 9.51. The molecule has 9 heteroatoms. The van der Waals surface area contributed by atoms with E-state index in [1.54, 1.807) is 19.1 Å². The van der Waals surface area contributed by atoms with Gasteiger partial charge in [-0.15, -0.1) is 12.8 Å². The summed E-state index contributed by atoms with van der Waals surface area (Å²) < 4.78 is 39.9. The minimum absolute atomic E-state index is 0.0666. The third-order valence-corrected chi connectivity index (χ3v) is 4.01. The highest BCUT2D eigenvalue weighted by Gasteiger charge is 2.25. The SMILES string of the molecule is C#CC(C)=O.C#CC1(C)OCCCO1.Cc1ccc(S(=O)(=O)O)cc1.OCCCO. The van der Waals surface area contributed by atoms with Crippen molar-refractivity contribution < 1.29 is 37.5 Å². The Kier molecular flexibility index (Phi) is 16.5. The zero-order valence-corrected chi connectivity index (χ0v) is 18.3. The van der Waals surface area contributed by atoms with E-state index >= 15 is 0 Å². The van der Waals surface area contributed by atoms with Crippen molar-refractivity contribution >= 4 is 15.9 Å². The molecular weight excluding hydrogens is 412 g/mol. The molecule has 30 heavy (non-hydrogen) atoms. The molecule has 0 aliphatic carbocycles. The Bertz CT molecular complexity index is 778. The van der Waals surface area contributed by atoms with Gasteiger partial charge in [0.15, 0.2) is 0 Å². The summed E-state index contributed by atoms with van der Waals surface area (Å²) in [7, 11) is -4.02. The fraction of sp³-hybridized carbons (Fsp3) is 0.476. The second kappa shape index (κ2) is 16.5. The molecule has 0 aromatic heterocycles. The van der Waals surface area contributed by atoms with Crippen molar-refractivity contribution in [1.29, 1.82) is 0 Å². The van der Waals surface area contributed by atoms with Crippen LogP contribution in [0.1, 0.15) is 32.3 Å². The monoisotopic (exact) mass is 442 g/mol. The van der Waals surface area contributed by atoms with Gasteiger partial charge in [-0.2, -0.15) is 8.42 Å². The normalized spacial score (nSPS) is 14.0. The number of aryl methyl sites for hydroxylation is 1. The quantitative estimate of drug-likeness (QED) is 0.365. The maximum atomic E-state index is 10.5. The molecular formula is C21H30O8S. The first-order chi connectivity index (χ1) is 14.0. The van der Waals surface area contributed by atoms with E-state index in [0.717, 1.165) is 12.0 Å². The average molecular weight is 443 g/mol. The van der Waals surface area contributed by atoms with Gasteiger partial charge in [-0.05, 0) is 43.7 Å². The van der Waals surface area contributed by atoms with Crippen molar-refractivity contribution in [2.75, 3.05) is 26.4 Å². The Morgan fingerprint density at radius 2 is 1.57 bits per heavy atom. The zero-order chi connectivity index (χ0) is 23.6. The van der Waals surface area contributed by atoms with Crippen LogP contribution in [0.2, 0.25) is 0 Å². The fourth-order valence-corrected chi connectivity index (χ4v) is 1.98. The Morgan fingerprint density at radius 3 is 1.80 bits per heavy atom. The number of carbonyl (C=O) groups is 1. The van der Waals surface area contributed by atoms with Gasteiger partial charge in [-0.25, -0.2) is 0 Å². The predicted octanol–water partition coefficient (Wildman–Crippen LogP) is 1.58. The average Bonchev–Trinajstić information content (AvgIpc) is 2.70. The van der Waals surface area contributed by atoms with Crippen molar-refractivity contribution in [3.05, 3.63) is 29.8 Å². The molecule has 0 amide bonds. The number of aliphatic hydroxyl groups is 2. The lowest BCUT2D eigenvalue weighted by Gasteiger charge is -2.28. The molecule has 3 N–H and O–H groups in total. The van der Waals surface area contributed by atoms with E-state index in [1.165, 1.54) is 19.1 Å². The van der Waals surface area contributed by atoms with Crippen LogP contribution in [0, 0.1) is 31.6 Å². The number of Topliss-reactive ketones (excluding diaryl/α,β-unsaturated/α-hetero) is 1. The zero-order valence-electron chi connectivity index (χ0n) is 17.5. The van der Waals surface area contributed by atoms with Crippen molar-refractivity contribution in [3.8, 4) is 24.7 Å². The molecule has 0 bridgehead atoms. The third kappa shape index (κ3) is 16.7. The number of hydrogen-bond donors (Lipinski definition) is 3. The molecule has 168 valence electrons. The molecule has 1 aliphatic rings. The first-order valence-electron chi connectivity index (χ1n) is 8.94. The van der Waals surface area contributed by atoms with Crippen LogP contribution in [0.4, 0.5) is 0 Å². The molecule has 0 saturated carbocycles. The lowest BCUT2D eigenvalue weighted by molar-refractivity contribution is -0.218. The van der Waals surface area contributed by atoms with E-state index in [9.17, 15) is 13.2 Å². The van der Waals surface area contributed by atoms with Crippen LogP contribution in [-0.2, 0) is 24.4 Å². The largest absolute Gasteiger partial charge is 0.396 e. The smallest absolute Gasteiger partial charge is 0.294 e. The molecule has 0 radical (unpaired) electrons. The number of ketones is 1. The van der Waals surface area contributed by atoms with Gasteiger partial charge in [-0.1, -0.05) is 17.7 Å². The van der Waals surface area contributed by atoms with E-state index < -0.39 is 15.9 Å². The number of ether oxygens (including phenoxy) is 2. The highest BCUT2D eigenvalue weighted by Crippen LogP contribution is 2.15. The van der Waals surface area contributed by atoms with E-state index in [-0.39, 0.29) is 23.9 Å². The number of aliphatic hydroxyl groups excluding tert-OH is 2. The van der Waals surface area contributed by atoms with E-state index in [1.807, 2.05) is 12.8 Å². The first kappa shape index (κ1) is 30.0. The van der Waals surface area contributed by atoms with Gasteiger partial charge in [0.25, 0.3) is 10.1 Å². The molecule has 1 aromatic carbocycles. The molecule has 1 heterocycles. The number of benzene rings is 1. The molecule has 1 aliphatic heterocycles. The van der Waals surface area contributed by atoms with Crippen molar-refractivity contribution in [1.82, 2.24) is 0 Å². The van der Waals surface area contributed by atoms with Crippen LogP contribution in [0.5, 0.6) is 0 Å². The maximum absolute atomic E-state index is 10.5. The summed E-state index contributed by atoms with van der Waals surface area (Å²) in [5.74, 6) is 3.36. The summed E-state index contributed by atoms with van der Waals surface area (Å²) in [6.45, 7) is 6.55. The standard InChI is InChI=1S/C7H8O3S.C7H10O2.C4H4O.C3H8O2/c1-6-2-4-7(5-3-6)11(8,9)10;1-3-7(2)8-5-4-6-9-7;1-3-4(2)5;4-2-1-3-5/h2-5H,1H3,(H,8,9,10);1H,4-6H2,2H3;1H,2H3;4-5H,1-3H2. The number of hydrogen-bond acceptors (Lipinski definition) is 7. The van der Waals surface area contributed by atoms with E-state index in [2.05, 4.69) is 12.3 Å². The summed E-state index contributed by atoms with van der Waals surface area (Å²) in [6.07, 6.45) is 11.2. The topological polar surface area (TPSA) is 130 Å². The highest BCUT2D eigenvalue weighted by atomic mass is 32.2. The van der Waals surface area contributed by atoms with E-state index in [4.69, 9.17) is 30.7 Å². The van der Waals surface area contributed by atoms with Gasteiger partial charge in [0.1, 0.15) is 0 Å². The number of carbonyl (C=O) groups excluding carboxylic acids is 1. The molecule has 0 atom stereocenters. The van der Waals surface area contributed by atoms with E-state index in [0.29, 0.717) is 19.6 Å². The minimum atomic E-state index is -4.02. The second-order valence-electron chi connectivity index (χ2n) is 5.93. The number of terminal acetylenes is 2. The molecule has 0 unspecified atom stereocenters. The minimum Gasteiger partial charge on any atom is -0.396 e. The van der Waals surface area contributed by atoms with Gasteiger partial charge in [-0.3, -0.25) is 9.35 Å². The van der Waals surface area contributed by atoms with Crippen LogP contribution in [0.25, 0.3) is 0 Å². The van der Waals surface area contributed by atoms with Gasteiger partial charge >= 0.3 is 0 Å². The molecule has 1 fully saturated rings. The van der Waals surface area contributed by atoms with Crippen LogP contribution in [-0.4, -0.2) is 61.2 Å². The Labute approximate surface area is 179 Å². The maximum Gasteiger partial charge on any atom is 0.294 e. The molecule has 1 saturated heterocycles. The van der Waals surface area contributed by atoms with Crippen molar-refractivity contribution in [2.45, 2.75) is 44.3 Å². The third-order valence-electron chi connectivity index (χ3n) is 3.14. The van der Waals surface area contributed by atoms with Gasteiger partial charge in [0, 0.05) is 27.1 Å². The van der Waals surface area contributed by atoms with Gasteiger partial charge in [0.05, 0.1) is 18.1 Å². The summed E-state index contributed by atoms with van der Waals surface area (Å²) in [5.41, 5.74) is 0.956. The summed E-state index contributed by atoms with van der Waals surface area (Å²) in [6, 6.07) is 5.99. The van der Waals surface area contributed by atoms with Crippen LogP contribution in [0.15, 0.2) is 29.2 Å². The number of rotatable bonds is 3. The van der Waals surface area contributed by atoms with Crippen LogP contribution >= 0.6 is 0 Å². The lowest BCUT2D eigenvalue weighted by Crippen LogP contribution is -2.35. The van der Waals surface area contributed by atoms with Gasteiger partial charge < -0.3 is 19.7 Å². The van der Waals surface area contributed by atoms with Crippen molar-refractivity contribution in [3.63, 3.8) is 0 Å². The summed E-state index contributed by atoms with van der Waals surface area (Å²) in [5, 5.41) is 15.8. The molecule has 0 spiro atoms. The molecule has 1 aromatic rings. The second-order valence-corrected chi connectivity index (χ2v) is 7.35. The fourth-order valence-electron chi connectivity index (χ4n) is 1.50.